The lowest BCUT2D eigenvalue weighted by atomic mass is 10.1. The summed E-state index contributed by atoms with van der Waals surface area (Å²) in [6, 6.07) is 9.78. The highest BCUT2D eigenvalue weighted by Crippen LogP contribution is 2.33. The third-order valence-corrected chi connectivity index (χ3v) is 4.61. The van der Waals surface area contributed by atoms with Gasteiger partial charge in [0.2, 0.25) is 0 Å². The molecule has 3 rings (SSSR count). The van der Waals surface area contributed by atoms with Gasteiger partial charge in [-0.2, -0.15) is 13.2 Å². The molecule has 0 aliphatic carbocycles. The van der Waals surface area contributed by atoms with Gasteiger partial charge in [-0.1, -0.05) is 53.7 Å². The Morgan fingerprint density at radius 2 is 1.92 bits per heavy atom. The van der Waals surface area contributed by atoms with Crippen molar-refractivity contribution in [2.24, 2.45) is 0 Å². The third kappa shape index (κ3) is 3.50. The molecule has 0 amide bonds. The Morgan fingerprint density at radius 1 is 1.21 bits per heavy atom. The number of aromatic nitrogens is 3. The minimum atomic E-state index is -4.52. The van der Waals surface area contributed by atoms with Crippen molar-refractivity contribution in [2.75, 3.05) is 5.75 Å². The highest BCUT2D eigenvalue weighted by molar-refractivity contribution is 7.99. The van der Waals surface area contributed by atoms with Gasteiger partial charge in [-0.3, -0.25) is 4.40 Å². The molecule has 1 aromatic carbocycles. The molecule has 0 fully saturated rings. The van der Waals surface area contributed by atoms with Crippen LogP contribution >= 0.6 is 23.4 Å². The fourth-order valence-electron chi connectivity index (χ4n) is 2.11. The number of rotatable bonds is 4. The summed E-state index contributed by atoms with van der Waals surface area (Å²) in [6.45, 7) is 0. The summed E-state index contributed by atoms with van der Waals surface area (Å²) in [7, 11) is 0. The van der Waals surface area contributed by atoms with Crippen LogP contribution in [0, 0.1) is 0 Å². The second-order valence-electron chi connectivity index (χ2n) is 4.99. The Labute approximate surface area is 144 Å². The zero-order valence-corrected chi connectivity index (χ0v) is 13.6. The van der Waals surface area contributed by atoms with E-state index in [-0.39, 0.29) is 21.6 Å². The number of fused-ring (bicyclic) bond motifs is 1. The van der Waals surface area contributed by atoms with E-state index in [4.69, 9.17) is 11.6 Å². The third-order valence-electron chi connectivity index (χ3n) is 3.31. The molecule has 3 aromatic rings. The molecule has 24 heavy (non-hydrogen) atoms. The van der Waals surface area contributed by atoms with Crippen molar-refractivity contribution in [1.82, 2.24) is 14.6 Å². The van der Waals surface area contributed by atoms with Crippen LogP contribution in [0.15, 0.2) is 47.8 Å². The van der Waals surface area contributed by atoms with E-state index in [1.807, 2.05) is 6.07 Å². The van der Waals surface area contributed by atoms with Gasteiger partial charge in [0.15, 0.2) is 10.8 Å². The average molecular weight is 374 g/mol. The van der Waals surface area contributed by atoms with Crippen LogP contribution in [-0.4, -0.2) is 25.5 Å². The Hall–Kier alpha value is -1.77. The van der Waals surface area contributed by atoms with Gasteiger partial charge in [0, 0.05) is 11.9 Å². The fraction of sp³-hybridized carbons (Fsp3) is 0.200. The molecule has 2 aromatic heterocycles. The molecular formula is C15H11ClF3N3OS. The minimum absolute atomic E-state index is 0.132. The maximum absolute atomic E-state index is 12.9. The van der Waals surface area contributed by atoms with Crippen molar-refractivity contribution in [3.63, 3.8) is 0 Å². The van der Waals surface area contributed by atoms with Crippen LogP contribution < -0.4 is 0 Å². The topological polar surface area (TPSA) is 50.4 Å². The van der Waals surface area contributed by atoms with Gasteiger partial charge in [-0.05, 0) is 11.6 Å². The van der Waals surface area contributed by atoms with E-state index in [1.165, 1.54) is 4.40 Å². The van der Waals surface area contributed by atoms with Gasteiger partial charge in [0.25, 0.3) is 0 Å². The Balaban J connectivity index is 1.86. The van der Waals surface area contributed by atoms with Crippen LogP contribution in [0.25, 0.3) is 5.65 Å². The number of hydrogen-bond acceptors (Lipinski definition) is 4. The normalized spacial score (nSPS) is 13.4. The Kier molecular flexibility index (Phi) is 4.71. The molecule has 1 N–H and O–H groups in total. The standard InChI is InChI=1S/C15H11ClF3N3OS/c16-11-6-10(15(17,18)19)7-22-13(11)20-21-14(22)24-8-12(23)9-4-2-1-3-5-9/h1-7,12,23H,8H2. The maximum atomic E-state index is 12.9. The first kappa shape index (κ1) is 17.1. The molecule has 0 aliphatic heterocycles. The summed E-state index contributed by atoms with van der Waals surface area (Å²) in [4.78, 5) is 0. The summed E-state index contributed by atoms with van der Waals surface area (Å²) in [5.74, 6) is 0.221. The van der Waals surface area contributed by atoms with E-state index in [9.17, 15) is 18.3 Å². The number of alkyl halides is 3. The SMILES string of the molecule is OC(CSc1nnc2c(Cl)cc(C(F)(F)F)cn12)c1ccccc1. The molecule has 0 saturated carbocycles. The molecule has 0 radical (unpaired) electrons. The molecule has 0 saturated heterocycles. The largest absolute Gasteiger partial charge is 0.417 e. The number of aliphatic hydroxyl groups excluding tert-OH is 1. The molecule has 1 unspecified atom stereocenters. The first-order valence-electron chi connectivity index (χ1n) is 6.83. The van der Waals surface area contributed by atoms with E-state index in [0.717, 1.165) is 24.0 Å². The van der Waals surface area contributed by atoms with E-state index in [2.05, 4.69) is 10.2 Å². The van der Waals surface area contributed by atoms with Crippen molar-refractivity contribution < 1.29 is 18.3 Å². The Bertz CT molecular complexity index is 854. The van der Waals surface area contributed by atoms with Crippen LogP contribution in [-0.2, 0) is 6.18 Å². The van der Waals surface area contributed by atoms with Gasteiger partial charge < -0.3 is 5.11 Å². The van der Waals surface area contributed by atoms with Crippen LogP contribution in [0.1, 0.15) is 17.2 Å². The number of halogens is 4. The van der Waals surface area contributed by atoms with Crippen LogP contribution in [0.3, 0.4) is 0 Å². The summed E-state index contributed by atoms with van der Waals surface area (Å²) >= 11 is 6.96. The van der Waals surface area contributed by atoms with Gasteiger partial charge >= 0.3 is 6.18 Å². The predicted molar refractivity (Wildman–Crippen MR) is 85.1 cm³/mol. The van der Waals surface area contributed by atoms with E-state index in [0.29, 0.717) is 5.56 Å². The van der Waals surface area contributed by atoms with Crippen molar-refractivity contribution in [3.8, 4) is 0 Å². The van der Waals surface area contributed by atoms with Gasteiger partial charge in [-0.15, -0.1) is 10.2 Å². The van der Waals surface area contributed by atoms with Crippen molar-refractivity contribution in [1.29, 1.82) is 0 Å². The highest BCUT2D eigenvalue weighted by Gasteiger charge is 2.32. The van der Waals surface area contributed by atoms with Gasteiger partial charge in [0.05, 0.1) is 16.7 Å². The summed E-state index contributed by atoms with van der Waals surface area (Å²) in [5, 5.41) is 17.9. The second kappa shape index (κ2) is 6.62. The van der Waals surface area contributed by atoms with Gasteiger partial charge in [0.1, 0.15) is 0 Å². The molecule has 1 atom stereocenters. The molecule has 0 aliphatic rings. The zero-order valence-electron chi connectivity index (χ0n) is 12.0. The van der Waals surface area contributed by atoms with E-state index < -0.39 is 17.8 Å². The molecule has 4 nitrogen and oxygen atoms in total. The second-order valence-corrected chi connectivity index (χ2v) is 6.38. The molecule has 2 heterocycles. The van der Waals surface area contributed by atoms with Crippen molar-refractivity contribution in [2.45, 2.75) is 17.4 Å². The first-order chi connectivity index (χ1) is 11.4. The summed E-state index contributed by atoms with van der Waals surface area (Å²) in [5.41, 5.74) is -0.0283. The van der Waals surface area contributed by atoms with E-state index >= 15 is 0 Å². The Morgan fingerprint density at radius 3 is 2.58 bits per heavy atom. The lowest BCUT2D eigenvalue weighted by Gasteiger charge is -2.11. The average Bonchev–Trinajstić information content (AvgIpc) is 2.96. The molecular weight excluding hydrogens is 363 g/mol. The van der Waals surface area contributed by atoms with Crippen molar-refractivity contribution >= 4 is 29.0 Å². The van der Waals surface area contributed by atoms with E-state index in [1.54, 1.807) is 24.3 Å². The number of hydrogen-bond donors (Lipinski definition) is 1. The number of thioether (sulfide) groups is 1. The van der Waals surface area contributed by atoms with Gasteiger partial charge in [-0.25, -0.2) is 0 Å². The summed E-state index contributed by atoms with van der Waals surface area (Å²) in [6.07, 6.45) is -4.39. The molecule has 0 spiro atoms. The highest BCUT2D eigenvalue weighted by atomic mass is 35.5. The maximum Gasteiger partial charge on any atom is 0.417 e. The molecule has 126 valence electrons. The van der Waals surface area contributed by atoms with Crippen LogP contribution in [0.2, 0.25) is 5.02 Å². The smallest absolute Gasteiger partial charge is 0.388 e. The lowest BCUT2D eigenvalue weighted by molar-refractivity contribution is -0.137. The number of benzene rings is 1. The number of aliphatic hydroxyl groups is 1. The number of pyridine rings is 1. The van der Waals surface area contributed by atoms with Crippen LogP contribution in [0.5, 0.6) is 0 Å². The first-order valence-corrected chi connectivity index (χ1v) is 8.20. The quantitative estimate of drug-likeness (QED) is 0.695. The molecule has 0 bridgehead atoms. The molecule has 9 heteroatoms. The lowest BCUT2D eigenvalue weighted by Crippen LogP contribution is -2.07. The van der Waals surface area contributed by atoms with Crippen LogP contribution in [0.4, 0.5) is 13.2 Å². The van der Waals surface area contributed by atoms with Crippen molar-refractivity contribution in [3.05, 3.63) is 58.7 Å². The summed E-state index contributed by atoms with van der Waals surface area (Å²) < 4.78 is 39.9. The zero-order chi connectivity index (χ0) is 17.3. The predicted octanol–water partition coefficient (Wildman–Crippen LogP) is 4.23. The minimum Gasteiger partial charge on any atom is -0.388 e. The number of nitrogens with zero attached hydrogens (tertiary/aromatic N) is 3. The monoisotopic (exact) mass is 373 g/mol. The fourth-order valence-corrected chi connectivity index (χ4v) is 3.23.